The number of carbonyl (C=O) groups excluding carboxylic acids is 1. The quantitative estimate of drug-likeness (QED) is 0.494. The zero-order chi connectivity index (χ0) is 12.4. The Hall–Kier alpha value is -0.650. The molecule has 0 aromatic carbocycles. The second kappa shape index (κ2) is 8.50. The fourth-order valence-electron chi connectivity index (χ4n) is 0.975. The summed E-state index contributed by atoms with van der Waals surface area (Å²) in [5.74, 6) is -0.338. The summed E-state index contributed by atoms with van der Waals surface area (Å²) < 4.78 is 15.4. The first-order valence-electron chi connectivity index (χ1n) is 5.53. The van der Waals surface area contributed by atoms with Gasteiger partial charge in [0, 0.05) is 19.8 Å². The van der Waals surface area contributed by atoms with E-state index in [0.29, 0.717) is 26.4 Å². The molecule has 0 amide bonds. The van der Waals surface area contributed by atoms with Gasteiger partial charge in [-0.3, -0.25) is 0 Å². The Labute approximate surface area is 97.2 Å². The van der Waals surface area contributed by atoms with E-state index in [-0.39, 0.29) is 12.6 Å². The van der Waals surface area contributed by atoms with Crippen LogP contribution in [-0.2, 0) is 19.0 Å². The van der Waals surface area contributed by atoms with Crippen LogP contribution in [0.25, 0.3) is 0 Å². The van der Waals surface area contributed by atoms with Gasteiger partial charge in [0.05, 0.1) is 6.61 Å². The Morgan fingerprint density at radius 2 is 1.75 bits per heavy atom. The van der Waals surface area contributed by atoms with Crippen molar-refractivity contribution in [2.45, 2.75) is 32.8 Å². The smallest absolute Gasteiger partial charge is 0.332 e. The van der Waals surface area contributed by atoms with Gasteiger partial charge in [0.25, 0.3) is 0 Å². The summed E-state index contributed by atoms with van der Waals surface area (Å²) in [7, 11) is 0. The van der Waals surface area contributed by atoms with Crippen LogP contribution < -0.4 is 5.73 Å². The van der Waals surface area contributed by atoms with Crippen molar-refractivity contribution in [1.82, 2.24) is 0 Å². The summed E-state index contributed by atoms with van der Waals surface area (Å²) in [6.45, 7) is 7.65. The Morgan fingerprint density at radius 1 is 1.12 bits per heavy atom. The molecular formula is C11H23NO4. The molecule has 0 heterocycles. The summed E-state index contributed by atoms with van der Waals surface area (Å²) in [5, 5.41) is 0. The van der Waals surface area contributed by atoms with E-state index >= 15 is 0 Å². The number of ether oxygens (including phenoxy) is 3. The predicted molar refractivity (Wildman–Crippen MR) is 61.2 cm³/mol. The van der Waals surface area contributed by atoms with E-state index in [1.807, 2.05) is 20.8 Å². The highest BCUT2D eigenvalue weighted by Crippen LogP contribution is 2.06. The lowest BCUT2D eigenvalue weighted by Gasteiger charge is -2.19. The molecule has 0 saturated carbocycles. The van der Waals surface area contributed by atoms with Gasteiger partial charge in [0.15, 0.2) is 0 Å². The molecule has 0 spiro atoms. The zero-order valence-corrected chi connectivity index (χ0v) is 10.5. The van der Waals surface area contributed by atoms with Crippen LogP contribution in [-0.4, -0.2) is 44.5 Å². The molecule has 2 N–H and O–H groups in total. The lowest BCUT2D eigenvalue weighted by molar-refractivity contribution is -0.160. The first kappa shape index (κ1) is 15.3. The van der Waals surface area contributed by atoms with Crippen LogP contribution in [0.15, 0.2) is 0 Å². The van der Waals surface area contributed by atoms with Crippen LogP contribution in [0.3, 0.4) is 0 Å². The average Bonchev–Trinajstić information content (AvgIpc) is 2.13. The minimum Gasteiger partial charge on any atom is -0.458 e. The third-order valence-corrected chi connectivity index (χ3v) is 1.48. The van der Waals surface area contributed by atoms with Crippen LogP contribution in [0, 0.1) is 0 Å². The highest BCUT2D eigenvalue weighted by Gasteiger charge is 2.15. The topological polar surface area (TPSA) is 70.8 Å². The van der Waals surface area contributed by atoms with E-state index in [4.69, 9.17) is 19.9 Å². The molecule has 0 aliphatic carbocycles. The molecule has 0 aromatic heterocycles. The number of hydrogen-bond donors (Lipinski definition) is 1. The summed E-state index contributed by atoms with van der Waals surface area (Å²) >= 11 is 0. The van der Waals surface area contributed by atoms with Gasteiger partial charge in [-0.15, -0.1) is 0 Å². The van der Waals surface area contributed by atoms with Crippen molar-refractivity contribution in [2.75, 3.05) is 33.0 Å². The Bertz CT molecular complexity index is 189. The predicted octanol–water partition coefficient (Wildman–Crippen LogP) is 0.710. The van der Waals surface area contributed by atoms with Gasteiger partial charge in [-0.05, 0) is 27.2 Å². The molecule has 0 bridgehead atoms. The lowest BCUT2D eigenvalue weighted by Crippen LogP contribution is -2.26. The zero-order valence-electron chi connectivity index (χ0n) is 10.5. The average molecular weight is 233 g/mol. The fraction of sp³-hybridized carbons (Fsp3) is 0.909. The van der Waals surface area contributed by atoms with Crippen LogP contribution in [0.2, 0.25) is 0 Å². The summed E-state index contributed by atoms with van der Waals surface area (Å²) in [5.41, 5.74) is 4.80. The van der Waals surface area contributed by atoms with Crippen molar-refractivity contribution in [3.05, 3.63) is 0 Å². The van der Waals surface area contributed by atoms with E-state index in [1.54, 1.807) is 0 Å². The number of nitrogens with two attached hydrogens (primary N) is 1. The maximum Gasteiger partial charge on any atom is 0.332 e. The van der Waals surface area contributed by atoms with Crippen molar-refractivity contribution in [3.63, 3.8) is 0 Å². The van der Waals surface area contributed by atoms with E-state index in [9.17, 15) is 4.79 Å². The standard InChI is InChI=1S/C11H23NO4/c1-11(2,3)16-10(13)9-15-7-4-6-14-8-5-12/h4-9,12H2,1-3H3. The third kappa shape index (κ3) is 11.4. The van der Waals surface area contributed by atoms with Crippen molar-refractivity contribution < 1.29 is 19.0 Å². The van der Waals surface area contributed by atoms with E-state index in [2.05, 4.69) is 0 Å². The third-order valence-electron chi connectivity index (χ3n) is 1.48. The van der Waals surface area contributed by atoms with Gasteiger partial charge in [-0.2, -0.15) is 0 Å². The molecule has 96 valence electrons. The summed E-state index contributed by atoms with van der Waals surface area (Å²) in [6.07, 6.45) is 0.753. The van der Waals surface area contributed by atoms with Crippen molar-refractivity contribution in [1.29, 1.82) is 0 Å². The van der Waals surface area contributed by atoms with Crippen LogP contribution in [0.5, 0.6) is 0 Å². The monoisotopic (exact) mass is 233 g/mol. The molecule has 0 radical (unpaired) electrons. The van der Waals surface area contributed by atoms with Gasteiger partial charge in [0.2, 0.25) is 0 Å². The van der Waals surface area contributed by atoms with Gasteiger partial charge in [0.1, 0.15) is 12.2 Å². The van der Waals surface area contributed by atoms with Gasteiger partial charge in [-0.25, -0.2) is 4.79 Å². The molecule has 0 saturated heterocycles. The molecule has 5 heteroatoms. The second-order valence-corrected chi connectivity index (χ2v) is 4.39. The highest BCUT2D eigenvalue weighted by atomic mass is 16.6. The molecule has 0 aromatic rings. The van der Waals surface area contributed by atoms with Gasteiger partial charge < -0.3 is 19.9 Å². The Kier molecular flexibility index (Phi) is 8.15. The molecule has 16 heavy (non-hydrogen) atoms. The maximum atomic E-state index is 11.2. The Morgan fingerprint density at radius 3 is 2.31 bits per heavy atom. The highest BCUT2D eigenvalue weighted by molar-refractivity contribution is 5.71. The molecule has 0 unspecified atom stereocenters. The largest absolute Gasteiger partial charge is 0.458 e. The number of hydrogen-bond acceptors (Lipinski definition) is 5. The van der Waals surface area contributed by atoms with Crippen LogP contribution >= 0.6 is 0 Å². The number of esters is 1. The van der Waals surface area contributed by atoms with Crippen LogP contribution in [0.4, 0.5) is 0 Å². The van der Waals surface area contributed by atoms with E-state index in [0.717, 1.165) is 6.42 Å². The molecule has 5 nitrogen and oxygen atoms in total. The molecule has 0 aliphatic heterocycles. The second-order valence-electron chi connectivity index (χ2n) is 4.39. The van der Waals surface area contributed by atoms with E-state index < -0.39 is 5.60 Å². The first-order valence-corrected chi connectivity index (χ1v) is 5.53. The molecule has 0 aliphatic rings. The molecular weight excluding hydrogens is 210 g/mol. The Balaban J connectivity index is 3.28. The summed E-state index contributed by atoms with van der Waals surface area (Å²) in [4.78, 5) is 11.2. The minimum atomic E-state index is -0.454. The normalized spacial score (nSPS) is 11.5. The number of carbonyl (C=O) groups is 1. The molecule has 0 rings (SSSR count). The minimum absolute atomic E-state index is 0.00579. The van der Waals surface area contributed by atoms with Crippen molar-refractivity contribution >= 4 is 5.97 Å². The summed E-state index contributed by atoms with van der Waals surface area (Å²) in [6, 6.07) is 0. The first-order chi connectivity index (χ1) is 7.45. The molecule has 0 atom stereocenters. The number of rotatable bonds is 8. The lowest BCUT2D eigenvalue weighted by atomic mass is 10.2. The fourth-order valence-corrected chi connectivity index (χ4v) is 0.975. The maximum absolute atomic E-state index is 11.2. The van der Waals surface area contributed by atoms with Crippen molar-refractivity contribution in [3.8, 4) is 0 Å². The van der Waals surface area contributed by atoms with Crippen molar-refractivity contribution in [2.24, 2.45) is 5.73 Å². The van der Waals surface area contributed by atoms with Crippen LogP contribution in [0.1, 0.15) is 27.2 Å². The van der Waals surface area contributed by atoms with E-state index in [1.165, 1.54) is 0 Å². The van der Waals surface area contributed by atoms with Gasteiger partial charge in [-0.1, -0.05) is 0 Å². The molecule has 0 fully saturated rings. The SMILES string of the molecule is CC(C)(C)OC(=O)COCCCOCCN. The van der Waals surface area contributed by atoms with Gasteiger partial charge >= 0.3 is 5.97 Å².